The molecule has 8 nitrogen and oxygen atoms in total. The summed E-state index contributed by atoms with van der Waals surface area (Å²) in [5.41, 5.74) is 1.76. The van der Waals surface area contributed by atoms with Crippen molar-refractivity contribution in [1.82, 2.24) is 5.32 Å². The molecule has 9 heteroatoms. The second-order valence-corrected chi connectivity index (χ2v) is 8.13. The van der Waals surface area contributed by atoms with Crippen LogP contribution in [-0.4, -0.2) is 36.2 Å². The minimum atomic E-state index is -1.14. The summed E-state index contributed by atoms with van der Waals surface area (Å²) in [6.45, 7) is 4.90. The highest BCUT2D eigenvalue weighted by molar-refractivity contribution is 5.96. The second-order valence-electron chi connectivity index (χ2n) is 8.13. The summed E-state index contributed by atoms with van der Waals surface area (Å²) < 4.78 is 24.5. The van der Waals surface area contributed by atoms with Gasteiger partial charge in [-0.3, -0.25) is 4.79 Å². The maximum absolute atomic E-state index is 13.7. The summed E-state index contributed by atoms with van der Waals surface area (Å²) in [5, 5.41) is 24.6. The minimum Gasteiger partial charge on any atom is -0.618 e. The number of pyridine rings is 1. The maximum atomic E-state index is 13.7. The van der Waals surface area contributed by atoms with E-state index in [4.69, 9.17) is 9.47 Å². The zero-order chi connectivity index (χ0) is 25.7. The van der Waals surface area contributed by atoms with E-state index in [1.807, 2.05) is 30.3 Å². The predicted molar refractivity (Wildman–Crippen MR) is 126 cm³/mol. The van der Waals surface area contributed by atoms with E-state index in [1.54, 1.807) is 19.9 Å². The number of ether oxygens (including phenoxy) is 2. The molecule has 0 saturated carbocycles. The number of rotatable bonds is 8. The average molecular weight is 483 g/mol. The van der Waals surface area contributed by atoms with Crippen LogP contribution in [0.15, 0.2) is 60.8 Å². The molecule has 0 bridgehead atoms. The Morgan fingerprint density at radius 3 is 2.43 bits per heavy atom. The third kappa shape index (κ3) is 5.68. The quantitative estimate of drug-likeness (QED) is 0.289. The molecule has 1 heterocycles. The van der Waals surface area contributed by atoms with Crippen LogP contribution in [0, 0.1) is 17.9 Å². The van der Waals surface area contributed by atoms with Crippen molar-refractivity contribution in [3.05, 3.63) is 94.2 Å². The number of carbonyl (C=O) groups excluding carboxylic acids is 2. The number of methoxy groups -OCH3 is 1. The lowest BCUT2D eigenvalue weighted by molar-refractivity contribution is -0.608. The lowest BCUT2D eigenvalue weighted by Crippen LogP contribution is -2.46. The Bertz CT molecular complexity index is 1220. The fourth-order valence-corrected chi connectivity index (χ4v) is 3.91. The van der Waals surface area contributed by atoms with Crippen LogP contribution in [-0.2, 0) is 9.53 Å². The van der Waals surface area contributed by atoms with Gasteiger partial charge < -0.3 is 25.1 Å². The van der Waals surface area contributed by atoms with Gasteiger partial charge in [0.15, 0.2) is 11.9 Å². The Morgan fingerprint density at radius 2 is 1.80 bits per heavy atom. The molecule has 0 unspecified atom stereocenters. The number of halogens is 1. The SMILES string of the molecule is COc1cc[n+]([O-])c(C(=O)N[C@@H](C)C(=O)O[C@@H](C)[C@@H](c2ccccc2)c2ccc(F)cc2C)c1O. The third-order valence-electron chi connectivity index (χ3n) is 5.67. The van der Waals surface area contributed by atoms with Crippen LogP contribution in [0.3, 0.4) is 0 Å². The first-order valence-electron chi connectivity index (χ1n) is 11.0. The molecule has 0 aliphatic carbocycles. The summed E-state index contributed by atoms with van der Waals surface area (Å²) in [6.07, 6.45) is 0.330. The van der Waals surface area contributed by atoms with Crippen molar-refractivity contribution < 1.29 is 33.3 Å². The van der Waals surface area contributed by atoms with E-state index < -0.39 is 41.4 Å². The van der Waals surface area contributed by atoms with E-state index >= 15 is 0 Å². The number of aromatic hydroxyl groups is 1. The van der Waals surface area contributed by atoms with Gasteiger partial charge in [0.25, 0.3) is 0 Å². The molecule has 0 spiro atoms. The first-order valence-corrected chi connectivity index (χ1v) is 11.0. The van der Waals surface area contributed by atoms with E-state index in [-0.39, 0.29) is 16.3 Å². The Kier molecular flexibility index (Phi) is 7.91. The number of hydrogen-bond acceptors (Lipinski definition) is 6. The molecule has 2 N–H and O–H groups in total. The normalized spacial score (nSPS) is 13.4. The minimum absolute atomic E-state index is 0.0635. The summed E-state index contributed by atoms with van der Waals surface area (Å²) in [4.78, 5) is 25.5. The number of carbonyl (C=O) groups is 2. The highest BCUT2D eigenvalue weighted by atomic mass is 19.1. The van der Waals surface area contributed by atoms with Gasteiger partial charge in [-0.1, -0.05) is 36.4 Å². The van der Waals surface area contributed by atoms with Crippen molar-refractivity contribution in [3.63, 3.8) is 0 Å². The van der Waals surface area contributed by atoms with Crippen LogP contribution in [0.5, 0.6) is 11.5 Å². The van der Waals surface area contributed by atoms with E-state index in [0.717, 1.165) is 17.3 Å². The zero-order valence-electron chi connectivity index (χ0n) is 19.8. The van der Waals surface area contributed by atoms with Crippen LogP contribution in [0.25, 0.3) is 0 Å². The molecule has 1 aromatic heterocycles. The molecule has 184 valence electrons. The van der Waals surface area contributed by atoms with E-state index in [9.17, 15) is 24.3 Å². The summed E-state index contributed by atoms with van der Waals surface area (Å²) >= 11 is 0. The number of amides is 1. The molecule has 2 aromatic carbocycles. The summed E-state index contributed by atoms with van der Waals surface area (Å²) in [5.74, 6) is -3.18. The highest BCUT2D eigenvalue weighted by Crippen LogP contribution is 2.32. The predicted octanol–water partition coefficient (Wildman–Crippen LogP) is 3.36. The molecule has 3 atom stereocenters. The van der Waals surface area contributed by atoms with Crippen molar-refractivity contribution in [2.45, 2.75) is 38.8 Å². The molecule has 0 aliphatic rings. The lowest BCUT2D eigenvalue weighted by atomic mass is 9.85. The van der Waals surface area contributed by atoms with Gasteiger partial charge in [0, 0.05) is 12.0 Å². The van der Waals surface area contributed by atoms with Gasteiger partial charge in [0.05, 0.1) is 7.11 Å². The molecular formula is C26H27FN2O6. The molecular weight excluding hydrogens is 455 g/mol. The smallest absolute Gasteiger partial charge is 0.328 e. The van der Waals surface area contributed by atoms with Crippen molar-refractivity contribution in [1.29, 1.82) is 0 Å². The number of nitrogens with zero attached hydrogens (tertiary/aromatic N) is 1. The number of nitrogens with one attached hydrogen (secondary N) is 1. The molecule has 0 fully saturated rings. The molecule has 0 radical (unpaired) electrons. The van der Waals surface area contributed by atoms with Gasteiger partial charge in [-0.15, -0.1) is 0 Å². The Labute approximate surface area is 202 Å². The first-order chi connectivity index (χ1) is 16.6. The van der Waals surface area contributed by atoms with E-state index in [1.165, 1.54) is 32.2 Å². The fourth-order valence-electron chi connectivity index (χ4n) is 3.91. The standard InChI is InChI=1S/C26H27FN2O6/c1-15-14-19(27)10-11-20(15)22(18-8-6-5-7-9-18)17(3)35-26(32)16(2)28-25(31)23-24(30)21(34-4)12-13-29(23)33/h5-14,16-17,22,30H,1-4H3,(H,28,31)/t16-,17-,22-/m0/s1. The topological polar surface area (TPSA) is 112 Å². The molecule has 3 aromatic rings. The number of aromatic nitrogens is 1. The monoisotopic (exact) mass is 482 g/mol. The maximum Gasteiger partial charge on any atom is 0.328 e. The number of hydrogen-bond donors (Lipinski definition) is 2. The number of esters is 1. The molecule has 0 saturated heterocycles. The Hall–Kier alpha value is -4.14. The van der Waals surface area contributed by atoms with Crippen LogP contribution < -0.4 is 14.8 Å². The fraction of sp³-hybridized carbons (Fsp3) is 0.269. The van der Waals surface area contributed by atoms with Crippen molar-refractivity contribution in [2.24, 2.45) is 0 Å². The van der Waals surface area contributed by atoms with Gasteiger partial charge in [-0.2, -0.15) is 4.73 Å². The number of aryl methyl sites for hydroxylation is 1. The van der Waals surface area contributed by atoms with Gasteiger partial charge >= 0.3 is 17.6 Å². The van der Waals surface area contributed by atoms with Crippen molar-refractivity contribution >= 4 is 11.9 Å². The Morgan fingerprint density at radius 1 is 1.11 bits per heavy atom. The van der Waals surface area contributed by atoms with Crippen LogP contribution in [0.2, 0.25) is 0 Å². The van der Waals surface area contributed by atoms with E-state index in [2.05, 4.69) is 5.32 Å². The summed E-state index contributed by atoms with van der Waals surface area (Å²) in [7, 11) is 1.28. The largest absolute Gasteiger partial charge is 0.618 e. The van der Waals surface area contributed by atoms with Crippen LogP contribution in [0.1, 0.15) is 46.9 Å². The second kappa shape index (κ2) is 10.9. The highest BCUT2D eigenvalue weighted by Gasteiger charge is 2.31. The van der Waals surface area contributed by atoms with Gasteiger partial charge in [-0.25, -0.2) is 9.18 Å². The van der Waals surface area contributed by atoms with Crippen molar-refractivity contribution in [3.8, 4) is 11.5 Å². The molecule has 1 amide bonds. The lowest BCUT2D eigenvalue weighted by Gasteiger charge is -2.27. The van der Waals surface area contributed by atoms with Crippen LogP contribution >= 0.6 is 0 Å². The molecule has 3 rings (SSSR count). The van der Waals surface area contributed by atoms with Gasteiger partial charge in [-0.05, 0) is 49.6 Å². The van der Waals surface area contributed by atoms with Gasteiger partial charge in [0.1, 0.15) is 18.0 Å². The average Bonchev–Trinajstić information content (AvgIpc) is 2.81. The zero-order valence-corrected chi connectivity index (χ0v) is 19.8. The molecule has 35 heavy (non-hydrogen) atoms. The first kappa shape index (κ1) is 25.5. The molecule has 0 aliphatic heterocycles. The van der Waals surface area contributed by atoms with Crippen molar-refractivity contribution in [2.75, 3.05) is 7.11 Å². The number of benzene rings is 2. The summed E-state index contributed by atoms with van der Waals surface area (Å²) in [6, 6.07) is 13.9. The van der Waals surface area contributed by atoms with E-state index in [0.29, 0.717) is 5.56 Å². The Balaban J connectivity index is 1.80. The third-order valence-corrected chi connectivity index (χ3v) is 5.67. The van der Waals surface area contributed by atoms with Crippen LogP contribution in [0.4, 0.5) is 4.39 Å². The van der Waals surface area contributed by atoms with Gasteiger partial charge in [0.2, 0.25) is 5.75 Å².